The molecular formula is C19H19ClF3N3O5S. The standard InChI is InChI=1S/C19H19ClF3N3O5S/c20-12-7-8-14(16(27)17(12)32(29,30)11-4-3-9-24-10-11)26-18(28)25-13-5-1-2-6-15(13)31-19(21,22)23/h1-2,5-8,11,24,27H,3-4,9-10H2,(H2,25,26,28). The number of alkyl halides is 3. The van der Waals surface area contributed by atoms with Gasteiger partial charge in [0.15, 0.2) is 21.3 Å². The molecule has 1 unspecified atom stereocenters. The first-order chi connectivity index (χ1) is 15.0. The van der Waals surface area contributed by atoms with Crippen LogP contribution in [0, 0.1) is 0 Å². The summed E-state index contributed by atoms with van der Waals surface area (Å²) in [4.78, 5) is 11.8. The average molecular weight is 494 g/mol. The molecule has 1 aliphatic heterocycles. The molecule has 3 rings (SSSR count). The Hall–Kier alpha value is -2.70. The molecule has 1 saturated heterocycles. The number of rotatable bonds is 5. The fourth-order valence-corrected chi connectivity index (χ4v) is 5.57. The summed E-state index contributed by atoms with van der Waals surface area (Å²) in [7, 11) is -4.03. The van der Waals surface area contributed by atoms with Crippen molar-refractivity contribution in [2.45, 2.75) is 29.3 Å². The van der Waals surface area contributed by atoms with Crippen LogP contribution in [-0.2, 0) is 9.84 Å². The van der Waals surface area contributed by atoms with Gasteiger partial charge in [-0.1, -0.05) is 23.7 Å². The van der Waals surface area contributed by atoms with Crippen molar-refractivity contribution in [2.75, 3.05) is 23.7 Å². The number of benzene rings is 2. The summed E-state index contributed by atoms with van der Waals surface area (Å²) in [6.07, 6.45) is -3.97. The summed E-state index contributed by atoms with van der Waals surface area (Å²) >= 11 is 6.04. The zero-order valence-corrected chi connectivity index (χ0v) is 17.9. The van der Waals surface area contributed by atoms with Gasteiger partial charge in [-0.05, 0) is 43.7 Å². The summed E-state index contributed by atoms with van der Waals surface area (Å²) in [5.74, 6) is -1.42. The van der Waals surface area contributed by atoms with E-state index in [0.717, 1.165) is 6.07 Å². The molecule has 4 N–H and O–H groups in total. The number of ether oxygens (including phenoxy) is 1. The zero-order valence-electron chi connectivity index (χ0n) is 16.4. The molecule has 1 heterocycles. The fraction of sp³-hybridized carbons (Fsp3) is 0.316. The third kappa shape index (κ3) is 5.56. The van der Waals surface area contributed by atoms with Gasteiger partial charge in [0.05, 0.1) is 21.6 Å². The number of nitrogens with one attached hydrogen (secondary N) is 3. The fourth-order valence-electron chi connectivity index (χ4n) is 3.23. The Bertz CT molecular complexity index is 1110. The highest BCUT2D eigenvalue weighted by atomic mass is 35.5. The van der Waals surface area contributed by atoms with Gasteiger partial charge in [0.25, 0.3) is 0 Å². The Balaban J connectivity index is 1.83. The van der Waals surface area contributed by atoms with E-state index < -0.39 is 43.9 Å². The van der Waals surface area contributed by atoms with Crippen molar-refractivity contribution in [3.63, 3.8) is 0 Å². The largest absolute Gasteiger partial charge is 0.573 e. The molecule has 0 aromatic heterocycles. The Kier molecular flexibility index (Phi) is 7.06. The van der Waals surface area contributed by atoms with E-state index in [4.69, 9.17) is 11.6 Å². The van der Waals surface area contributed by atoms with Gasteiger partial charge in [0.1, 0.15) is 4.90 Å². The minimum absolute atomic E-state index is 0.187. The monoisotopic (exact) mass is 493 g/mol. The molecule has 0 radical (unpaired) electrons. The van der Waals surface area contributed by atoms with Crippen LogP contribution in [0.3, 0.4) is 0 Å². The van der Waals surface area contributed by atoms with Crippen LogP contribution in [0.4, 0.5) is 29.3 Å². The number of sulfone groups is 1. The van der Waals surface area contributed by atoms with Crippen molar-refractivity contribution in [3.8, 4) is 11.5 Å². The highest BCUT2D eigenvalue weighted by Gasteiger charge is 2.34. The van der Waals surface area contributed by atoms with Crippen molar-refractivity contribution < 1.29 is 36.2 Å². The van der Waals surface area contributed by atoms with Gasteiger partial charge < -0.3 is 25.8 Å². The molecule has 0 spiro atoms. The number of carbonyl (C=O) groups is 1. The molecule has 0 bridgehead atoms. The Morgan fingerprint density at radius 2 is 1.84 bits per heavy atom. The maximum absolute atomic E-state index is 13.0. The maximum atomic E-state index is 13.0. The number of piperidine rings is 1. The van der Waals surface area contributed by atoms with E-state index in [-0.39, 0.29) is 22.9 Å². The molecule has 8 nitrogen and oxygen atoms in total. The molecule has 2 aromatic rings. The molecule has 0 saturated carbocycles. The number of aromatic hydroxyl groups is 1. The smallest absolute Gasteiger partial charge is 0.504 e. The van der Waals surface area contributed by atoms with E-state index in [1.54, 1.807) is 0 Å². The zero-order chi connectivity index (χ0) is 23.5. The highest BCUT2D eigenvalue weighted by molar-refractivity contribution is 7.92. The van der Waals surface area contributed by atoms with Crippen LogP contribution < -0.4 is 20.7 Å². The summed E-state index contributed by atoms with van der Waals surface area (Å²) in [6.45, 7) is 0.860. The molecule has 0 aliphatic carbocycles. The Morgan fingerprint density at radius 1 is 1.16 bits per heavy atom. The minimum atomic E-state index is -4.97. The predicted octanol–water partition coefficient (Wildman–Crippen LogP) is 4.11. The van der Waals surface area contributed by atoms with Crippen LogP contribution in [0.25, 0.3) is 0 Å². The van der Waals surface area contributed by atoms with Crippen molar-refractivity contribution in [2.24, 2.45) is 0 Å². The second kappa shape index (κ2) is 9.43. The number of amides is 2. The van der Waals surface area contributed by atoms with Crippen molar-refractivity contribution in [1.82, 2.24) is 5.32 Å². The van der Waals surface area contributed by atoms with Crippen molar-refractivity contribution in [1.29, 1.82) is 0 Å². The first-order valence-electron chi connectivity index (χ1n) is 9.38. The number of hydrogen-bond acceptors (Lipinski definition) is 6. The van der Waals surface area contributed by atoms with E-state index in [1.807, 2.05) is 0 Å². The first-order valence-corrected chi connectivity index (χ1v) is 11.3. The number of anilines is 2. The number of para-hydroxylation sites is 2. The predicted molar refractivity (Wildman–Crippen MR) is 112 cm³/mol. The second-order valence-electron chi connectivity index (χ2n) is 6.91. The van der Waals surface area contributed by atoms with Crippen LogP contribution in [0.5, 0.6) is 11.5 Å². The number of phenolic OH excluding ortho intramolecular Hbond substituents is 1. The summed E-state index contributed by atoms with van der Waals surface area (Å²) < 4.78 is 67.5. The van der Waals surface area contributed by atoms with Gasteiger partial charge in [0.2, 0.25) is 0 Å². The number of halogens is 4. The summed E-state index contributed by atoms with van der Waals surface area (Å²) in [5, 5.41) is 16.9. The van der Waals surface area contributed by atoms with E-state index in [9.17, 15) is 31.5 Å². The maximum Gasteiger partial charge on any atom is 0.573 e. The summed E-state index contributed by atoms with van der Waals surface area (Å²) in [6, 6.07) is 6.17. The number of urea groups is 1. The third-order valence-electron chi connectivity index (χ3n) is 4.67. The van der Waals surface area contributed by atoms with Crippen LogP contribution in [0.1, 0.15) is 12.8 Å². The van der Waals surface area contributed by atoms with E-state index in [2.05, 4.69) is 20.7 Å². The Labute approximate surface area is 186 Å². The number of hydrogen-bond donors (Lipinski definition) is 4. The SMILES string of the molecule is O=C(Nc1ccccc1OC(F)(F)F)Nc1ccc(Cl)c(S(=O)(=O)C2CCCNC2)c1O. The highest BCUT2D eigenvalue weighted by Crippen LogP contribution is 2.40. The van der Waals surface area contributed by atoms with Crippen molar-refractivity contribution >= 4 is 38.8 Å². The lowest BCUT2D eigenvalue weighted by Crippen LogP contribution is -2.38. The normalized spacial score (nSPS) is 16.9. The molecule has 1 aliphatic rings. The lowest BCUT2D eigenvalue weighted by atomic mass is 10.2. The minimum Gasteiger partial charge on any atom is -0.504 e. The van der Waals surface area contributed by atoms with Gasteiger partial charge in [0, 0.05) is 6.54 Å². The first kappa shape index (κ1) is 24.0. The van der Waals surface area contributed by atoms with Crippen LogP contribution in [0.15, 0.2) is 41.3 Å². The number of phenols is 1. The van der Waals surface area contributed by atoms with Crippen molar-refractivity contribution in [3.05, 3.63) is 41.4 Å². The molecule has 32 heavy (non-hydrogen) atoms. The Morgan fingerprint density at radius 3 is 2.50 bits per heavy atom. The van der Waals surface area contributed by atoms with E-state index in [0.29, 0.717) is 19.4 Å². The molecule has 174 valence electrons. The van der Waals surface area contributed by atoms with E-state index >= 15 is 0 Å². The van der Waals surface area contributed by atoms with Gasteiger partial charge in [-0.15, -0.1) is 13.2 Å². The van der Waals surface area contributed by atoms with Gasteiger partial charge in [-0.3, -0.25) is 0 Å². The van der Waals surface area contributed by atoms with E-state index in [1.165, 1.54) is 30.3 Å². The molecule has 13 heteroatoms. The topological polar surface area (TPSA) is 117 Å². The van der Waals surface area contributed by atoms with Gasteiger partial charge >= 0.3 is 12.4 Å². The van der Waals surface area contributed by atoms with Crippen LogP contribution >= 0.6 is 11.6 Å². The lowest BCUT2D eigenvalue weighted by Gasteiger charge is -2.24. The second-order valence-corrected chi connectivity index (χ2v) is 9.48. The van der Waals surface area contributed by atoms with Crippen LogP contribution in [0.2, 0.25) is 5.02 Å². The average Bonchev–Trinajstić information content (AvgIpc) is 2.71. The van der Waals surface area contributed by atoms with Crippen LogP contribution in [-0.4, -0.2) is 44.3 Å². The quantitative estimate of drug-likeness (QED) is 0.466. The lowest BCUT2D eigenvalue weighted by molar-refractivity contribution is -0.274. The number of carbonyl (C=O) groups excluding carboxylic acids is 1. The molecule has 2 aromatic carbocycles. The molecule has 1 atom stereocenters. The molecule has 1 fully saturated rings. The molecule has 2 amide bonds. The third-order valence-corrected chi connectivity index (χ3v) is 7.36. The van der Waals surface area contributed by atoms with Gasteiger partial charge in [-0.25, -0.2) is 13.2 Å². The molecular weight excluding hydrogens is 475 g/mol. The van der Waals surface area contributed by atoms with Gasteiger partial charge in [-0.2, -0.15) is 0 Å². The summed E-state index contributed by atoms with van der Waals surface area (Å²) in [5.41, 5.74) is -0.583.